The minimum atomic E-state index is 0.230. The van der Waals surface area contributed by atoms with E-state index in [1.54, 1.807) is 12.1 Å². The lowest BCUT2D eigenvalue weighted by Gasteiger charge is -2.11. The van der Waals surface area contributed by atoms with Crippen LogP contribution < -0.4 is 4.74 Å². The Balaban J connectivity index is 2.65. The minimum absolute atomic E-state index is 0.230. The number of ether oxygens (including phenoxy) is 1. The minimum Gasteiger partial charge on any atom is -0.491 e. The second-order valence-electron chi connectivity index (χ2n) is 2.97. The Labute approximate surface area is 78.8 Å². The highest BCUT2D eigenvalue weighted by atomic mass is 16.5. The summed E-state index contributed by atoms with van der Waals surface area (Å²) in [4.78, 5) is 0. The van der Waals surface area contributed by atoms with Crippen LogP contribution >= 0.6 is 0 Å². The van der Waals surface area contributed by atoms with Crippen LogP contribution in [0.4, 0.5) is 0 Å². The number of hydrogen-bond acceptors (Lipinski definition) is 2. The van der Waals surface area contributed by atoms with E-state index in [4.69, 9.17) is 10.00 Å². The molecule has 2 heteroatoms. The molecule has 1 atom stereocenters. The van der Waals surface area contributed by atoms with Crippen LogP contribution in [0.5, 0.6) is 5.75 Å². The monoisotopic (exact) mass is 175 g/mol. The number of nitriles is 1. The van der Waals surface area contributed by atoms with Gasteiger partial charge in [0.15, 0.2) is 0 Å². The van der Waals surface area contributed by atoms with Crippen molar-refractivity contribution in [3.63, 3.8) is 0 Å². The van der Waals surface area contributed by atoms with E-state index < -0.39 is 0 Å². The van der Waals surface area contributed by atoms with Crippen molar-refractivity contribution in [1.29, 1.82) is 5.26 Å². The first-order valence-electron chi connectivity index (χ1n) is 4.43. The summed E-state index contributed by atoms with van der Waals surface area (Å²) < 4.78 is 5.55. The van der Waals surface area contributed by atoms with Gasteiger partial charge in [-0.15, -0.1) is 0 Å². The maximum absolute atomic E-state index is 8.57. The maximum atomic E-state index is 8.57. The Bertz CT molecular complexity index is 297. The van der Waals surface area contributed by atoms with Crippen LogP contribution in [0, 0.1) is 11.3 Å². The topological polar surface area (TPSA) is 33.0 Å². The molecule has 0 spiro atoms. The van der Waals surface area contributed by atoms with Crippen LogP contribution in [0.3, 0.4) is 0 Å². The number of nitrogens with zero attached hydrogens (tertiary/aromatic N) is 1. The second kappa shape index (κ2) is 4.51. The molecule has 0 saturated carbocycles. The van der Waals surface area contributed by atoms with Gasteiger partial charge in [-0.3, -0.25) is 0 Å². The standard InChI is InChI=1S/C11H13NO/c1-3-9(2)13-11-6-4-10(8-12)5-7-11/h4-7,9H,3H2,1-2H3/t9-/m0/s1. The molecule has 1 aromatic rings. The normalized spacial score (nSPS) is 11.8. The van der Waals surface area contributed by atoms with Gasteiger partial charge in [-0.2, -0.15) is 5.26 Å². The lowest BCUT2D eigenvalue weighted by Crippen LogP contribution is -2.09. The largest absolute Gasteiger partial charge is 0.491 e. The first-order chi connectivity index (χ1) is 6.26. The molecular formula is C11H13NO. The van der Waals surface area contributed by atoms with Crippen molar-refractivity contribution >= 4 is 0 Å². The number of hydrogen-bond donors (Lipinski definition) is 0. The SMILES string of the molecule is CC[C@H](C)Oc1ccc(C#N)cc1. The van der Waals surface area contributed by atoms with Crippen LogP contribution in [-0.4, -0.2) is 6.10 Å². The fourth-order valence-corrected chi connectivity index (χ4v) is 0.924. The van der Waals surface area contributed by atoms with Gasteiger partial charge < -0.3 is 4.74 Å². The van der Waals surface area contributed by atoms with Gasteiger partial charge >= 0.3 is 0 Å². The van der Waals surface area contributed by atoms with Crippen molar-refractivity contribution in [1.82, 2.24) is 0 Å². The lowest BCUT2D eigenvalue weighted by atomic mass is 10.2. The summed E-state index contributed by atoms with van der Waals surface area (Å²) in [6, 6.07) is 9.24. The van der Waals surface area contributed by atoms with E-state index in [-0.39, 0.29) is 6.10 Å². The summed E-state index contributed by atoms with van der Waals surface area (Å²) in [5, 5.41) is 8.57. The third-order valence-corrected chi connectivity index (χ3v) is 1.90. The van der Waals surface area contributed by atoms with Crippen LogP contribution in [0.1, 0.15) is 25.8 Å². The predicted molar refractivity (Wildman–Crippen MR) is 51.5 cm³/mol. The zero-order valence-electron chi connectivity index (χ0n) is 7.95. The molecule has 0 fully saturated rings. The molecule has 0 amide bonds. The first-order valence-corrected chi connectivity index (χ1v) is 4.43. The molecule has 0 aromatic heterocycles. The van der Waals surface area contributed by atoms with Gasteiger partial charge in [0, 0.05) is 0 Å². The molecule has 0 aliphatic carbocycles. The Morgan fingerprint density at radius 1 is 1.38 bits per heavy atom. The molecule has 0 saturated heterocycles. The van der Waals surface area contributed by atoms with Crippen LogP contribution in [0.15, 0.2) is 24.3 Å². The Morgan fingerprint density at radius 3 is 2.46 bits per heavy atom. The van der Waals surface area contributed by atoms with Crippen molar-refractivity contribution in [3.8, 4) is 11.8 Å². The highest BCUT2D eigenvalue weighted by molar-refractivity contribution is 5.34. The van der Waals surface area contributed by atoms with Crippen molar-refractivity contribution in [3.05, 3.63) is 29.8 Å². The summed E-state index contributed by atoms with van der Waals surface area (Å²) in [6.07, 6.45) is 1.22. The molecular weight excluding hydrogens is 162 g/mol. The lowest BCUT2D eigenvalue weighted by molar-refractivity contribution is 0.217. The zero-order valence-corrected chi connectivity index (χ0v) is 7.95. The number of benzene rings is 1. The van der Waals surface area contributed by atoms with Crippen molar-refractivity contribution in [2.75, 3.05) is 0 Å². The molecule has 1 aromatic carbocycles. The van der Waals surface area contributed by atoms with Gasteiger partial charge in [-0.05, 0) is 37.6 Å². The fourth-order valence-electron chi connectivity index (χ4n) is 0.924. The van der Waals surface area contributed by atoms with Crippen LogP contribution in [0.2, 0.25) is 0 Å². The maximum Gasteiger partial charge on any atom is 0.119 e. The Kier molecular flexibility index (Phi) is 3.33. The summed E-state index contributed by atoms with van der Waals surface area (Å²) in [5.74, 6) is 0.827. The summed E-state index contributed by atoms with van der Waals surface area (Å²) >= 11 is 0. The average molecular weight is 175 g/mol. The summed E-state index contributed by atoms with van der Waals surface area (Å²) in [7, 11) is 0. The molecule has 0 unspecified atom stereocenters. The van der Waals surface area contributed by atoms with E-state index in [1.807, 2.05) is 19.1 Å². The van der Waals surface area contributed by atoms with Crippen LogP contribution in [0.25, 0.3) is 0 Å². The van der Waals surface area contributed by atoms with Crippen molar-refractivity contribution in [2.45, 2.75) is 26.4 Å². The van der Waals surface area contributed by atoms with Crippen LogP contribution in [-0.2, 0) is 0 Å². The summed E-state index contributed by atoms with van der Waals surface area (Å²) in [6.45, 7) is 4.10. The Hall–Kier alpha value is -1.49. The smallest absolute Gasteiger partial charge is 0.119 e. The molecule has 0 aliphatic heterocycles. The van der Waals surface area contributed by atoms with Crippen molar-refractivity contribution in [2.24, 2.45) is 0 Å². The van der Waals surface area contributed by atoms with Gasteiger partial charge in [0.1, 0.15) is 5.75 Å². The summed E-state index contributed by atoms with van der Waals surface area (Å²) in [5.41, 5.74) is 0.663. The fraction of sp³-hybridized carbons (Fsp3) is 0.364. The molecule has 2 nitrogen and oxygen atoms in total. The molecule has 0 heterocycles. The van der Waals surface area contributed by atoms with Crippen molar-refractivity contribution < 1.29 is 4.74 Å². The molecule has 0 N–H and O–H groups in total. The van der Waals surface area contributed by atoms with E-state index >= 15 is 0 Å². The van der Waals surface area contributed by atoms with Gasteiger partial charge in [0.2, 0.25) is 0 Å². The molecule has 0 aliphatic rings. The highest BCUT2D eigenvalue weighted by Crippen LogP contribution is 2.14. The molecule has 0 radical (unpaired) electrons. The molecule has 68 valence electrons. The quantitative estimate of drug-likeness (QED) is 0.707. The highest BCUT2D eigenvalue weighted by Gasteiger charge is 1.99. The van der Waals surface area contributed by atoms with Gasteiger partial charge in [-0.1, -0.05) is 6.92 Å². The number of rotatable bonds is 3. The molecule has 0 bridgehead atoms. The zero-order chi connectivity index (χ0) is 9.68. The molecule has 13 heavy (non-hydrogen) atoms. The predicted octanol–water partition coefficient (Wildman–Crippen LogP) is 2.74. The van der Waals surface area contributed by atoms with Gasteiger partial charge in [0.25, 0.3) is 0 Å². The van der Waals surface area contributed by atoms with E-state index in [1.165, 1.54) is 0 Å². The van der Waals surface area contributed by atoms with E-state index in [2.05, 4.69) is 13.0 Å². The Morgan fingerprint density at radius 2 is 2.00 bits per heavy atom. The third kappa shape index (κ3) is 2.79. The van der Waals surface area contributed by atoms with E-state index in [0.29, 0.717) is 5.56 Å². The van der Waals surface area contributed by atoms with E-state index in [9.17, 15) is 0 Å². The first kappa shape index (κ1) is 9.60. The molecule has 1 rings (SSSR count). The van der Waals surface area contributed by atoms with Gasteiger partial charge in [-0.25, -0.2) is 0 Å². The van der Waals surface area contributed by atoms with E-state index in [0.717, 1.165) is 12.2 Å². The third-order valence-electron chi connectivity index (χ3n) is 1.90. The second-order valence-corrected chi connectivity index (χ2v) is 2.97. The van der Waals surface area contributed by atoms with Gasteiger partial charge in [0.05, 0.1) is 17.7 Å². The average Bonchev–Trinajstić information content (AvgIpc) is 2.19.